The minimum atomic E-state index is -0.854. The highest BCUT2D eigenvalue weighted by molar-refractivity contribution is 5.71. The Balaban J connectivity index is 4.58. The van der Waals surface area contributed by atoms with Crippen LogP contribution in [0.5, 0.6) is 0 Å². The second kappa shape index (κ2) is 52.9. The third-order valence-corrected chi connectivity index (χ3v) is 10.2. The number of ether oxygens (including phenoxy) is 3. The monoisotopic (exact) mass is 909 g/mol. The number of rotatable bonds is 44. The van der Waals surface area contributed by atoms with E-state index in [9.17, 15) is 14.4 Å². The zero-order valence-corrected chi connectivity index (χ0v) is 41.9. The van der Waals surface area contributed by atoms with Crippen LogP contribution in [0.25, 0.3) is 0 Å². The molecule has 1 unspecified atom stereocenters. The summed E-state index contributed by atoms with van der Waals surface area (Å²) < 4.78 is 16.6. The van der Waals surface area contributed by atoms with Crippen molar-refractivity contribution >= 4 is 17.9 Å². The van der Waals surface area contributed by atoms with Gasteiger partial charge in [-0.3, -0.25) is 14.4 Å². The van der Waals surface area contributed by atoms with E-state index in [-0.39, 0.29) is 38.0 Å². The van der Waals surface area contributed by atoms with Crippen LogP contribution < -0.4 is 0 Å². The second-order valence-corrected chi connectivity index (χ2v) is 16.5. The Hall–Kier alpha value is -4.71. The van der Waals surface area contributed by atoms with Crippen LogP contribution in [0.4, 0.5) is 0 Å². The molecule has 66 heavy (non-hydrogen) atoms. The van der Waals surface area contributed by atoms with Gasteiger partial charge in [-0.15, -0.1) is 0 Å². The molecule has 0 rings (SSSR count). The maximum Gasteiger partial charge on any atom is 0.306 e. The number of esters is 3. The van der Waals surface area contributed by atoms with E-state index in [0.29, 0.717) is 19.3 Å². The molecule has 0 aliphatic rings. The van der Waals surface area contributed by atoms with E-state index in [2.05, 4.69) is 99.8 Å². The number of carbonyl (C=O) groups excluding carboxylic acids is 3. The molecule has 0 aromatic carbocycles. The van der Waals surface area contributed by atoms with Crippen molar-refractivity contribution in [2.24, 2.45) is 0 Å². The van der Waals surface area contributed by atoms with Crippen LogP contribution in [-0.2, 0) is 28.6 Å². The van der Waals surface area contributed by atoms with E-state index in [4.69, 9.17) is 14.2 Å². The van der Waals surface area contributed by atoms with Gasteiger partial charge in [0.15, 0.2) is 6.10 Å². The summed E-state index contributed by atoms with van der Waals surface area (Å²) in [6.45, 7) is 6.20. The van der Waals surface area contributed by atoms with Crippen molar-refractivity contribution in [2.45, 2.75) is 200 Å². The molecule has 0 saturated heterocycles. The van der Waals surface area contributed by atoms with Gasteiger partial charge in [0, 0.05) is 19.3 Å². The number of hydrogen-bond donors (Lipinski definition) is 0. The number of unbranched alkanes of at least 4 members (excludes halogenated alkanes) is 14. The van der Waals surface area contributed by atoms with Gasteiger partial charge in [0.25, 0.3) is 0 Å². The number of hydrogen-bond acceptors (Lipinski definition) is 6. The highest BCUT2D eigenvalue weighted by Gasteiger charge is 2.19. The molecular weight excluding hydrogens is 817 g/mol. The van der Waals surface area contributed by atoms with Crippen molar-refractivity contribution in [3.05, 3.63) is 146 Å². The van der Waals surface area contributed by atoms with Crippen molar-refractivity contribution in [1.82, 2.24) is 0 Å². The lowest BCUT2D eigenvalue weighted by atomic mass is 10.1. The largest absolute Gasteiger partial charge is 0.462 e. The topological polar surface area (TPSA) is 78.9 Å². The number of carbonyl (C=O) groups is 3. The predicted octanol–water partition coefficient (Wildman–Crippen LogP) is 17.3. The van der Waals surface area contributed by atoms with Crippen molar-refractivity contribution in [1.29, 1.82) is 0 Å². The lowest BCUT2D eigenvalue weighted by Crippen LogP contribution is -2.30. The molecule has 0 amide bonds. The standard InChI is InChI=1S/C60H92O6/c1-4-7-10-13-16-19-22-25-27-29-30-31-33-35-38-41-44-47-50-53-59(62)65-56-57(55-64-58(61)52-49-46-43-40-37-34-24-21-18-15-12-9-6-3)66-60(63)54-51-48-45-42-39-36-32-28-26-23-20-17-14-11-8-5-2/h8-9,11-12,15-22,24-26,28,34,36-37,39-40,43,45,48,57H,4-7,10,13-14,23,27,29-33,35,38,41-42,44,46-47,49-56H2,1-3H3/b11-8-,12-9-,18-15-,19-16-,20-17-,24-21-,25-22-,28-26-,37-34-,39-36-,43-40-,48-45-. The number of allylic oxidation sites excluding steroid dienone is 24. The summed E-state index contributed by atoms with van der Waals surface area (Å²) >= 11 is 0. The van der Waals surface area contributed by atoms with Crippen LogP contribution in [0.2, 0.25) is 0 Å². The van der Waals surface area contributed by atoms with Crippen molar-refractivity contribution in [3.63, 3.8) is 0 Å². The van der Waals surface area contributed by atoms with E-state index in [1.165, 1.54) is 77.0 Å². The van der Waals surface area contributed by atoms with Crippen molar-refractivity contribution < 1.29 is 28.6 Å². The van der Waals surface area contributed by atoms with E-state index >= 15 is 0 Å². The summed E-state index contributed by atoms with van der Waals surface area (Å²) in [7, 11) is 0. The van der Waals surface area contributed by atoms with Gasteiger partial charge in [0.2, 0.25) is 0 Å². The fraction of sp³-hybridized carbons (Fsp3) is 0.550. The quantitative estimate of drug-likeness (QED) is 0.0199. The molecule has 0 aliphatic heterocycles. The predicted molar refractivity (Wildman–Crippen MR) is 283 cm³/mol. The van der Waals surface area contributed by atoms with Gasteiger partial charge in [-0.2, -0.15) is 0 Å². The van der Waals surface area contributed by atoms with E-state index < -0.39 is 12.1 Å². The molecule has 0 heterocycles. The minimum Gasteiger partial charge on any atom is -0.462 e. The third-order valence-electron chi connectivity index (χ3n) is 10.2. The summed E-state index contributed by atoms with van der Waals surface area (Å²) in [5, 5.41) is 0. The third kappa shape index (κ3) is 50.3. The molecule has 0 bridgehead atoms. The summed E-state index contributed by atoms with van der Waals surface area (Å²) in [6, 6.07) is 0. The van der Waals surface area contributed by atoms with E-state index in [0.717, 1.165) is 64.2 Å². The Morgan fingerprint density at radius 3 is 1.21 bits per heavy atom. The summed E-state index contributed by atoms with van der Waals surface area (Å²) in [5.41, 5.74) is 0. The lowest BCUT2D eigenvalue weighted by Gasteiger charge is -2.18. The zero-order chi connectivity index (χ0) is 47.9. The van der Waals surface area contributed by atoms with E-state index in [1.54, 1.807) is 0 Å². The van der Waals surface area contributed by atoms with Crippen LogP contribution in [0.1, 0.15) is 194 Å². The minimum absolute atomic E-state index is 0.138. The van der Waals surface area contributed by atoms with Crippen LogP contribution in [0.15, 0.2) is 146 Å². The first-order valence-corrected chi connectivity index (χ1v) is 25.9. The Labute approximate surface area is 404 Å². The van der Waals surface area contributed by atoms with Crippen molar-refractivity contribution in [2.75, 3.05) is 13.2 Å². The second-order valence-electron chi connectivity index (χ2n) is 16.5. The Kier molecular flexibility index (Phi) is 49.1. The van der Waals surface area contributed by atoms with Gasteiger partial charge in [0.1, 0.15) is 13.2 Å². The maximum atomic E-state index is 12.8. The average molecular weight is 909 g/mol. The summed E-state index contributed by atoms with van der Waals surface area (Å²) in [4.78, 5) is 37.9. The Morgan fingerprint density at radius 1 is 0.333 bits per heavy atom. The Morgan fingerprint density at radius 2 is 0.712 bits per heavy atom. The van der Waals surface area contributed by atoms with Gasteiger partial charge in [-0.25, -0.2) is 0 Å². The molecule has 0 fully saturated rings. The van der Waals surface area contributed by atoms with Crippen LogP contribution >= 0.6 is 0 Å². The first kappa shape index (κ1) is 61.3. The van der Waals surface area contributed by atoms with Gasteiger partial charge >= 0.3 is 17.9 Å². The molecule has 0 saturated carbocycles. The molecule has 0 N–H and O–H groups in total. The molecule has 6 nitrogen and oxygen atoms in total. The normalized spacial score (nSPS) is 13.3. The molecule has 0 aliphatic carbocycles. The Bertz CT molecular complexity index is 1510. The fourth-order valence-electron chi connectivity index (χ4n) is 6.39. The summed E-state index contributed by atoms with van der Waals surface area (Å²) in [6.07, 6.45) is 75.7. The van der Waals surface area contributed by atoms with Gasteiger partial charge in [0.05, 0.1) is 0 Å². The van der Waals surface area contributed by atoms with Crippen LogP contribution in [0.3, 0.4) is 0 Å². The smallest absolute Gasteiger partial charge is 0.306 e. The molecule has 6 heteroatoms. The average Bonchev–Trinajstić information content (AvgIpc) is 3.31. The van der Waals surface area contributed by atoms with Crippen molar-refractivity contribution in [3.8, 4) is 0 Å². The highest BCUT2D eigenvalue weighted by Crippen LogP contribution is 2.13. The van der Waals surface area contributed by atoms with Gasteiger partial charge in [-0.05, 0) is 89.9 Å². The molecule has 1 atom stereocenters. The summed E-state index contributed by atoms with van der Waals surface area (Å²) in [5.74, 6) is -1.11. The first-order chi connectivity index (χ1) is 32.5. The molecule has 0 radical (unpaired) electrons. The fourth-order valence-corrected chi connectivity index (χ4v) is 6.39. The highest BCUT2D eigenvalue weighted by atomic mass is 16.6. The lowest BCUT2D eigenvalue weighted by molar-refractivity contribution is -0.166. The maximum absolute atomic E-state index is 12.8. The van der Waals surface area contributed by atoms with Crippen LogP contribution in [-0.4, -0.2) is 37.2 Å². The van der Waals surface area contributed by atoms with Crippen LogP contribution in [0, 0.1) is 0 Å². The molecule has 0 aromatic heterocycles. The molecule has 0 aromatic rings. The molecule has 0 spiro atoms. The first-order valence-electron chi connectivity index (χ1n) is 25.9. The van der Waals surface area contributed by atoms with Gasteiger partial charge < -0.3 is 14.2 Å². The SMILES string of the molecule is CC\C=C/C=C\C=C/C=C\C=C/CCCC(=O)OCC(COC(=O)CCCCCCCCCCCC/C=C\C=C/CCCCC)OC(=O)CC/C=C\C/C=C\C/C=C\C/C=C\C/C=C\CC. The molecule has 368 valence electrons. The molecular formula is C60H92O6. The van der Waals surface area contributed by atoms with E-state index in [1.807, 2.05) is 66.8 Å². The van der Waals surface area contributed by atoms with Gasteiger partial charge in [-0.1, -0.05) is 231 Å². The zero-order valence-electron chi connectivity index (χ0n) is 41.9.